The summed E-state index contributed by atoms with van der Waals surface area (Å²) in [6, 6.07) is 0. The Hall–Kier alpha value is -0.280. The van der Waals surface area contributed by atoms with Gasteiger partial charge >= 0.3 is 0 Å². The average Bonchev–Trinajstić information content (AvgIpc) is 2.44. The van der Waals surface area contributed by atoms with Gasteiger partial charge < -0.3 is 9.80 Å². The van der Waals surface area contributed by atoms with Gasteiger partial charge in [-0.3, -0.25) is 4.79 Å². The summed E-state index contributed by atoms with van der Waals surface area (Å²) in [5, 5.41) is 0. The molecule has 1 aliphatic heterocycles. The van der Waals surface area contributed by atoms with Crippen LogP contribution in [0.1, 0.15) is 20.3 Å². The molecule has 1 fully saturated rings. The molecule has 94 valence electrons. The summed E-state index contributed by atoms with van der Waals surface area (Å²) in [6.45, 7) is 7.06. The summed E-state index contributed by atoms with van der Waals surface area (Å²) in [5.41, 5.74) is 0.139. The monoisotopic (exact) mass is 246 g/mol. The molecule has 0 saturated carbocycles. The molecule has 4 heteroatoms. The molecular formula is C12H23ClN2O. The highest BCUT2D eigenvalue weighted by Gasteiger charge is 2.33. The van der Waals surface area contributed by atoms with Crippen molar-refractivity contribution in [1.82, 2.24) is 9.80 Å². The Kier molecular flexibility index (Phi) is 4.62. The highest BCUT2D eigenvalue weighted by atomic mass is 35.5. The van der Waals surface area contributed by atoms with E-state index >= 15 is 0 Å². The molecule has 0 spiro atoms. The van der Waals surface area contributed by atoms with E-state index in [1.54, 1.807) is 0 Å². The summed E-state index contributed by atoms with van der Waals surface area (Å²) in [7, 11) is 4.13. The van der Waals surface area contributed by atoms with Gasteiger partial charge in [-0.05, 0) is 25.4 Å². The fourth-order valence-corrected chi connectivity index (χ4v) is 2.74. The van der Waals surface area contributed by atoms with Gasteiger partial charge in [-0.25, -0.2) is 0 Å². The molecule has 0 aromatic heterocycles. The van der Waals surface area contributed by atoms with E-state index in [4.69, 9.17) is 11.6 Å². The van der Waals surface area contributed by atoms with Gasteiger partial charge in [0.1, 0.15) is 0 Å². The Balaban J connectivity index is 2.50. The number of carbonyl (C=O) groups excluding carboxylic acids is 1. The highest BCUT2D eigenvalue weighted by Crippen LogP contribution is 2.25. The van der Waals surface area contributed by atoms with Gasteiger partial charge in [0, 0.05) is 31.9 Å². The number of carbonyl (C=O) groups is 1. The first-order valence-corrected chi connectivity index (χ1v) is 6.36. The smallest absolute Gasteiger partial charge is 0.222 e. The number of likely N-dealkylation sites (tertiary alicyclic amines) is 1. The maximum atomic E-state index is 11.8. The first kappa shape index (κ1) is 13.8. The molecule has 0 aliphatic carbocycles. The zero-order valence-corrected chi connectivity index (χ0v) is 11.5. The molecule has 0 bridgehead atoms. The third kappa shape index (κ3) is 3.95. The third-order valence-electron chi connectivity index (χ3n) is 2.88. The van der Waals surface area contributed by atoms with Gasteiger partial charge in [-0.2, -0.15) is 0 Å². The minimum atomic E-state index is 0.139. The van der Waals surface area contributed by atoms with E-state index in [2.05, 4.69) is 32.8 Å². The summed E-state index contributed by atoms with van der Waals surface area (Å²) in [4.78, 5) is 15.9. The molecule has 1 atom stereocenters. The average molecular weight is 247 g/mol. The van der Waals surface area contributed by atoms with Crippen molar-refractivity contribution in [3.63, 3.8) is 0 Å². The zero-order chi connectivity index (χ0) is 12.3. The lowest BCUT2D eigenvalue weighted by Crippen LogP contribution is -2.40. The van der Waals surface area contributed by atoms with Crippen LogP contribution in [0.3, 0.4) is 0 Å². The van der Waals surface area contributed by atoms with Crippen LogP contribution in [-0.2, 0) is 4.79 Å². The Morgan fingerprint density at radius 1 is 1.50 bits per heavy atom. The van der Waals surface area contributed by atoms with Crippen molar-refractivity contribution in [2.75, 3.05) is 39.6 Å². The topological polar surface area (TPSA) is 23.6 Å². The Morgan fingerprint density at radius 3 is 2.56 bits per heavy atom. The van der Waals surface area contributed by atoms with Crippen LogP contribution in [0.25, 0.3) is 0 Å². The van der Waals surface area contributed by atoms with Crippen molar-refractivity contribution in [2.24, 2.45) is 11.3 Å². The van der Waals surface area contributed by atoms with E-state index in [1.807, 2.05) is 4.90 Å². The van der Waals surface area contributed by atoms with Crippen LogP contribution in [0.4, 0.5) is 0 Å². The molecule has 0 aromatic carbocycles. The van der Waals surface area contributed by atoms with Crippen LogP contribution in [0.2, 0.25) is 0 Å². The standard InChI is InChI=1S/C12H23ClN2O/c1-12(2,8-14(3)4)9-15-7-10(6-13)5-11(15)16/h10H,5-9H2,1-4H3. The largest absolute Gasteiger partial charge is 0.342 e. The number of halogens is 1. The second-order valence-corrected chi connectivity index (χ2v) is 6.21. The van der Waals surface area contributed by atoms with Crippen molar-refractivity contribution in [3.8, 4) is 0 Å². The van der Waals surface area contributed by atoms with Crippen molar-refractivity contribution >= 4 is 17.5 Å². The van der Waals surface area contributed by atoms with Crippen LogP contribution < -0.4 is 0 Å². The van der Waals surface area contributed by atoms with Gasteiger partial charge in [0.25, 0.3) is 0 Å². The maximum Gasteiger partial charge on any atom is 0.222 e. The minimum absolute atomic E-state index is 0.139. The normalized spacial score (nSPS) is 22.2. The molecule has 1 amide bonds. The first-order valence-electron chi connectivity index (χ1n) is 5.82. The lowest BCUT2D eigenvalue weighted by Gasteiger charge is -2.32. The fourth-order valence-electron chi connectivity index (χ4n) is 2.53. The summed E-state index contributed by atoms with van der Waals surface area (Å²) in [5.74, 6) is 1.21. The zero-order valence-electron chi connectivity index (χ0n) is 10.8. The van der Waals surface area contributed by atoms with Gasteiger partial charge in [-0.1, -0.05) is 13.8 Å². The van der Waals surface area contributed by atoms with Crippen molar-refractivity contribution in [2.45, 2.75) is 20.3 Å². The van der Waals surface area contributed by atoms with Crippen LogP contribution in [-0.4, -0.2) is 55.3 Å². The number of hydrogen-bond acceptors (Lipinski definition) is 2. The number of nitrogens with zero attached hydrogens (tertiary/aromatic N) is 2. The van der Waals surface area contributed by atoms with Crippen LogP contribution in [0, 0.1) is 11.3 Å². The summed E-state index contributed by atoms with van der Waals surface area (Å²) >= 11 is 5.81. The lowest BCUT2D eigenvalue weighted by molar-refractivity contribution is -0.129. The summed E-state index contributed by atoms with van der Waals surface area (Å²) in [6.07, 6.45) is 0.627. The van der Waals surface area contributed by atoms with Gasteiger partial charge in [0.05, 0.1) is 0 Å². The van der Waals surface area contributed by atoms with Gasteiger partial charge in [0.15, 0.2) is 0 Å². The number of alkyl halides is 1. The molecule has 16 heavy (non-hydrogen) atoms. The Morgan fingerprint density at radius 2 is 2.12 bits per heavy atom. The molecule has 0 radical (unpaired) electrons. The minimum Gasteiger partial charge on any atom is -0.342 e. The quantitative estimate of drug-likeness (QED) is 0.689. The second-order valence-electron chi connectivity index (χ2n) is 5.90. The van der Waals surface area contributed by atoms with E-state index in [0.717, 1.165) is 19.6 Å². The van der Waals surface area contributed by atoms with Crippen molar-refractivity contribution < 1.29 is 4.79 Å². The molecule has 0 aromatic rings. The first-order chi connectivity index (χ1) is 7.34. The van der Waals surface area contributed by atoms with E-state index < -0.39 is 0 Å². The van der Waals surface area contributed by atoms with E-state index in [-0.39, 0.29) is 11.3 Å². The van der Waals surface area contributed by atoms with E-state index in [9.17, 15) is 4.79 Å². The second kappa shape index (κ2) is 5.37. The van der Waals surface area contributed by atoms with Crippen molar-refractivity contribution in [3.05, 3.63) is 0 Å². The Labute approximate surface area is 104 Å². The molecule has 1 aliphatic rings. The SMILES string of the molecule is CN(C)CC(C)(C)CN1CC(CCl)CC1=O. The van der Waals surface area contributed by atoms with Crippen LogP contribution in [0.15, 0.2) is 0 Å². The predicted octanol–water partition coefficient (Wildman–Crippen LogP) is 1.66. The van der Waals surface area contributed by atoms with Crippen molar-refractivity contribution in [1.29, 1.82) is 0 Å². The Bertz CT molecular complexity index is 253. The van der Waals surface area contributed by atoms with E-state index in [1.165, 1.54) is 0 Å². The van der Waals surface area contributed by atoms with Crippen LogP contribution in [0.5, 0.6) is 0 Å². The third-order valence-corrected chi connectivity index (χ3v) is 3.31. The molecular weight excluding hydrogens is 224 g/mol. The summed E-state index contributed by atoms with van der Waals surface area (Å²) < 4.78 is 0. The number of amides is 1. The predicted molar refractivity (Wildman–Crippen MR) is 67.7 cm³/mol. The molecule has 0 N–H and O–H groups in total. The number of hydrogen-bond donors (Lipinski definition) is 0. The molecule has 1 saturated heterocycles. The van der Waals surface area contributed by atoms with Crippen LogP contribution >= 0.6 is 11.6 Å². The van der Waals surface area contributed by atoms with E-state index in [0.29, 0.717) is 18.2 Å². The molecule has 1 unspecified atom stereocenters. The van der Waals surface area contributed by atoms with Gasteiger partial charge in [-0.15, -0.1) is 11.6 Å². The van der Waals surface area contributed by atoms with Gasteiger partial charge in [0.2, 0.25) is 5.91 Å². The maximum absolute atomic E-state index is 11.8. The molecule has 1 heterocycles. The highest BCUT2D eigenvalue weighted by molar-refractivity contribution is 6.18. The fraction of sp³-hybridized carbons (Fsp3) is 0.917. The lowest BCUT2D eigenvalue weighted by atomic mass is 9.92. The number of rotatable bonds is 5. The molecule has 1 rings (SSSR count). The molecule has 3 nitrogen and oxygen atoms in total.